The van der Waals surface area contributed by atoms with Crippen molar-refractivity contribution in [2.75, 3.05) is 0 Å². The zero-order chi connectivity index (χ0) is 16.5. The van der Waals surface area contributed by atoms with Crippen LogP contribution in [0.3, 0.4) is 0 Å². The van der Waals surface area contributed by atoms with E-state index < -0.39 is 27.2 Å². The number of phosphoric ester groups is 1. The third-order valence-electron chi connectivity index (χ3n) is 2.32. The standard InChI is InChI=1S/C10H20O9P2/c1-3-5-6-7-8-10(18-21(14,15)16)20(12,13)19-17-9(11)4-2/h4,10H,2-3,5-8H2,1H3,(H,12,13)(H2,14,15,16). The van der Waals surface area contributed by atoms with Crippen LogP contribution in [0.5, 0.6) is 0 Å². The molecule has 0 aromatic rings. The fraction of sp³-hybridized carbons (Fsp3) is 0.700. The molecule has 0 spiro atoms. The van der Waals surface area contributed by atoms with E-state index in [1.165, 1.54) is 0 Å². The molecule has 0 aliphatic heterocycles. The summed E-state index contributed by atoms with van der Waals surface area (Å²) in [6, 6.07) is 0. The molecule has 0 heterocycles. The van der Waals surface area contributed by atoms with Gasteiger partial charge in [0, 0.05) is 6.08 Å². The summed E-state index contributed by atoms with van der Waals surface area (Å²) >= 11 is 0. The van der Waals surface area contributed by atoms with Gasteiger partial charge in [0.2, 0.25) is 0 Å². The highest BCUT2D eigenvalue weighted by molar-refractivity contribution is 7.54. The van der Waals surface area contributed by atoms with Crippen LogP contribution in [0.15, 0.2) is 12.7 Å². The Morgan fingerprint density at radius 2 is 1.86 bits per heavy atom. The number of carbonyl (C=O) groups excluding carboxylic acids is 1. The van der Waals surface area contributed by atoms with Gasteiger partial charge in [-0.25, -0.2) is 9.36 Å². The summed E-state index contributed by atoms with van der Waals surface area (Å²) in [6.07, 6.45) is 3.40. The highest BCUT2D eigenvalue weighted by Gasteiger charge is 2.40. The molecule has 0 radical (unpaired) electrons. The molecule has 0 aromatic heterocycles. The second kappa shape index (κ2) is 9.48. The molecule has 0 aliphatic carbocycles. The Morgan fingerprint density at radius 3 is 2.33 bits per heavy atom. The van der Waals surface area contributed by atoms with Crippen LogP contribution >= 0.6 is 15.4 Å². The quantitative estimate of drug-likeness (QED) is 0.169. The maximum Gasteiger partial charge on any atom is 0.470 e. The second-order valence-corrected chi connectivity index (χ2v) is 7.19. The van der Waals surface area contributed by atoms with Crippen LogP contribution in [0, 0.1) is 0 Å². The molecule has 0 fully saturated rings. The molecule has 0 bridgehead atoms. The summed E-state index contributed by atoms with van der Waals surface area (Å²) in [5.41, 5.74) is 0. The smallest absolute Gasteiger partial charge is 0.320 e. The van der Waals surface area contributed by atoms with E-state index in [1.807, 2.05) is 6.92 Å². The van der Waals surface area contributed by atoms with E-state index in [0.717, 1.165) is 12.8 Å². The lowest BCUT2D eigenvalue weighted by Crippen LogP contribution is -2.15. The highest BCUT2D eigenvalue weighted by Crippen LogP contribution is 2.55. The van der Waals surface area contributed by atoms with E-state index in [-0.39, 0.29) is 6.42 Å². The van der Waals surface area contributed by atoms with Crippen LogP contribution in [0.25, 0.3) is 0 Å². The minimum absolute atomic E-state index is 0.134. The van der Waals surface area contributed by atoms with E-state index >= 15 is 0 Å². The number of phosphoric acid groups is 1. The molecule has 0 aromatic carbocycles. The zero-order valence-electron chi connectivity index (χ0n) is 11.6. The van der Waals surface area contributed by atoms with Gasteiger partial charge in [0.15, 0.2) is 5.85 Å². The Bertz CT molecular complexity index is 430. The summed E-state index contributed by atoms with van der Waals surface area (Å²) in [5, 5.41) is 0. The summed E-state index contributed by atoms with van der Waals surface area (Å²) in [7, 11) is -9.72. The molecular formula is C10H20O9P2. The Hall–Kier alpha value is -0.530. The summed E-state index contributed by atoms with van der Waals surface area (Å²) < 4.78 is 31.0. The minimum Gasteiger partial charge on any atom is -0.320 e. The van der Waals surface area contributed by atoms with Crippen molar-refractivity contribution >= 4 is 21.4 Å². The maximum atomic E-state index is 11.8. The molecular weight excluding hydrogens is 326 g/mol. The number of unbranched alkanes of at least 4 members (excludes halogenated alkanes) is 3. The van der Waals surface area contributed by atoms with Crippen molar-refractivity contribution in [3.05, 3.63) is 12.7 Å². The molecule has 2 unspecified atom stereocenters. The van der Waals surface area contributed by atoms with Crippen molar-refractivity contribution in [2.45, 2.75) is 44.9 Å². The van der Waals surface area contributed by atoms with Crippen LogP contribution in [0.4, 0.5) is 0 Å². The first-order valence-electron chi connectivity index (χ1n) is 6.21. The van der Waals surface area contributed by atoms with Gasteiger partial charge in [0.05, 0.1) is 0 Å². The van der Waals surface area contributed by atoms with Crippen LogP contribution in [0.2, 0.25) is 0 Å². The number of hydrogen-bond donors (Lipinski definition) is 3. The predicted molar refractivity (Wildman–Crippen MR) is 72.9 cm³/mol. The number of hydrogen-bond acceptors (Lipinski definition) is 6. The normalized spacial score (nSPS) is 16.0. The van der Waals surface area contributed by atoms with Gasteiger partial charge in [-0.1, -0.05) is 43.9 Å². The largest absolute Gasteiger partial charge is 0.470 e. The van der Waals surface area contributed by atoms with Gasteiger partial charge in [0.1, 0.15) is 0 Å². The second-order valence-electron chi connectivity index (χ2n) is 4.15. The first kappa shape index (κ1) is 20.5. The predicted octanol–water partition coefficient (Wildman–Crippen LogP) is 2.24. The van der Waals surface area contributed by atoms with Gasteiger partial charge in [0.25, 0.3) is 0 Å². The van der Waals surface area contributed by atoms with Crippen LogP contribution in [-0.2, 0) is 28.0 Å². The van der Waals surface area contributed by atoms with E-state index in [1.54, 1.807) is 0 Å². The lowest BCUT2D eigenvalue weighted by atomic mass is 10.2. The maximum absolute atomic E-state index is 11.8. The van der Waals surface area contributed by atoms with Crippen LogP contribution < -0.4 is 0 Å². The lowest BCUT2D eigenvalue weighted by molar-refractivity contribution is -0.212. The molecule has 9 nitrogen and oxygen atoms in total. The molecule has 0 saturated carbocycles. The molecule has 0 aliphatic rings. The van der Waals surface area contributed by atoms with Crippen molar-refractivity contribution < 1.29 is 42.7 Å². The summed E-state index contributed by atoms with van der Waals surface area (Å²) in [4.78, 5) is 41.9. The summed E-state index contributed by atoms with van der Waals surface area (Å²) in [5.74, 6) is -2.92. The van der Waals surface area contributed by atoms with Crippen molar-refractivity contribution in [1.82, 2.24) is 0 Å². The molecule has 0 saturated heterocycles. The van der Waals surface area contributed by atoms with Crippen molar-refractivity contribution in [1.29, 1.82) is 0 Å². The number of rotatable bonds is 11. The topological polar surface area (TPSA) is 140 Å². The average Bonchev–Trinajstić information content (AvgIpc) is 2.38. The van der Waals surface area contributed by atoms with Gasteiger partial charge in [-0.2, -0.15) is 0 Å². The first-order chi connectivity index (χ1) is 9.62. The van der Waals surface area contributed by atoms with E-state index in [9.17, 15) is 18.8 Å². The zero-order valence-corrected chi connectivity index (χ0v) is 13.4. The van der Waals surface area contributed by atoms with E-state index in [4.69, 9.17) is 9.79 Å². The third-order valence-corrected chi connectivity index (χ3v) is 4.40. The van der Waals surface area contributed by atoms with Gasteiger partial charge in [-0.3, -0.25) is 14.0 Å². The van der Waals surface area contributed by atoms with Gasteiger partial charge in [-0.15, -0.1) is 0 Å². The van der Waals surface area contributed by atoms with Crippen molar-refractivity contribution in [3.8, 4) is 0 Å². The van der Waals surface area contributed by atoms with Crippen LogP contribution in [-0.4, -0.2) is 26.5 Å². The molecule has 21 heavy (non-hydrogen) atoms. The Morgan fingerprint density at radius 1 is 1.24 bits per heavy atom. The van der Waals surface area contributed by atoms with Crippen LogP contribution in [0.1, 0.15) is 39.0 Å². The Kier molecular flexibility index (Phi) is 9.24. The average molecular weight is 346 g/mol. The lowest BCUT2D eigenvalue weighted by Gasteiger charge is -2.21. The van der Waals surface area contributed by atoms with E-state index in [0.29, 0.717) is 18.9 Å². The highest BCUT2D eigenvalue weighted by atomic mass is 31.2. The van der Waals surface area contributed by atoms with Gasteiger partial charge >= 0.3 is 21.4 Å². The fourth-order valence-electron chi connectivity index (χ4n) is 1.35. The Balaban J connectivity index is 4.73. The van der Waals surface area contributed by atoms with Gasteiger partial charge < -0.3 is 14.7 Å². The van der Waals surface area contributed by atoms with E-state index in [2.05, 4.69) is 20.7 Å². The summed E-state index contributed by atoms with van der Waals surface area (Å²) in [6.45, 7) is 5.01. The molecule has 0 amide bonds. The molecule has 124 valence electrons. The first-order valence-corrected chi connectivity index (χ1v) is 9.39. The van der Waals surface area contributed by atoms with Gasteiger partial charge in [-0.05, 0) is 6.42 Å². The third kappa shape index (κ3) is 9.92. The van der Waals surface area contributed by atoms with Crippen molar-refractivity contribution in [3.63, 3.8) is 0 Å². The molecule has 0 rings (SSSR count). The molecule has 3 N–H and O–H groups in total. The monoisotopic (exact) mass is 346 g/mol. The molecule has 2 atom stereocenters. The molecule has 11 heteroatoms. The minimum atomic E-state index is -5.00. The fourth-order valence-corrected chi connectivity index (χ4v) is 3.40. The number of carbonyl (C=O) groups is 1. The Labute approximate surface area is 122 Å². The SMILES string of the molecule is C=CC(=O)OOP(=O)(O)C(CCCCCC)OP(=O)(O)O. The van der Waals surface area contributed by atoms with Crippen molar-refractivity contribution in [2.24, 2.45) is 0 Å².